The number of anilines is 2. The van der Waals surface area contributed by atoms with Gasteiger partial charge in [-0.25, -0.2) is 4.79 Å². The fourth-order valence-corrected chi connectivity index (χ4v) is 3.90. The predicted octanol–water partition coefficient (Wildman–Crippen LogP) is 5.48. The summed E-state index contributed by atoms with van der Waals surface area (Å²) in [5.74, 6) is -0.758. The number of benzene rings is 2. The summed E-state index contributed by atoms with van der Waals surface area (Å²) in [6, 6.07) is 7.98. The Morgan fingerprint density at radius 3 is 2.28 bits per heavy atom. The lowest BCUT2D eigenvalue weighted by Crippen LogP contribution is -2.59. The molecule has 36 heavy (non-hydrogen) atoms. The van der Waals surface area contributed by atoms with E-state index in [0.717, 1.165) is 24.3 Å². The van der Waals surface area contributed by atoms with E-state index in [1.165, 1.54) is 23.1 Å². The van der Waals surface area contributed by atoms with Crippen molar-refractivity contribution in [2.75, 3.05) is 23.3 Å². The second-order valence-electron chi connectivity index (χ2n) is 8.14. The average molecular weight is 511 g/mol. The van der Waals surface area contributed by atoms with Crippen LogP contribution < -0.4 is 15.0 Å². The maximum absolute atomic E-state index is 13.4. The molecule has 0 spiro atoms. The van der Waals surface area contributed by atoms with E-state index in [0.29, 0.717) is 0 Å². The molecular weight excluding hydrogens is 492 g/mol. The van der Waals surface area contributed by atoms with Gasteiger partial charge in [-0.3, -0.25) is 0 Å². The number of urea groups is 1. The largest absolute Gasteiger partial charge is 0.573 e. The van der Waals surface area contributed by atoms with E-state index < -0.39 is 47.5 Å². The molecule has 190 valence electrons. The van der Waals surface area contributed by atoms with Crippen LogP contribution in [0.25, 0.3) is 0 Å². The molecule has 1 saturated heterocycles. The molecule has 0 bridgehead atoms. The van der Waals surface area contributed by atoms with Crippen molar-refractivity contribution in [1.29, 1.82) is 10.5 Å². The van der Waals surface area contributed by atoms with Gasteiger partial charge in [0.2, 0.25) is 0 Å². The van der Waals surface area contributed by atoms with Crippen LogP contribution in [0.2, 0.25) is 0 Å². The SMILES string of the molecule is CC1CN(c2ccc(C#N)c(C(F)(F)F)c2)C(C)CN1C(=O)Nc1ccc(C#N)cc1OC(F)(F)F. The van der Waals surface area contributed by atoms with E-state index in [-0.39, 0.29) is 30.0 Å². The second kappa shape index (κ2) is 9.85. The van der Waals surface area contributed by atoms with Crippen molar-refractivity contribution in [3.8, 4) is 17.9 Å². The number of nitrogens with one attached hydrogen (secondary N) is 1. The second-order valence-corrected chi connectivity index (χ2v) is 8.14. The van der Waals surface area contributed by atoms with Gasteiger partial charge in [-0.2, -0.15) is 23.7 Å². The minimum atomic E-state index is -5.06. The highest BCUT2D eigenvalue weighted by molar-refractivity contribution is 5.91. The summed E-state index contributed by atoms with van der Waals surface area (Å²) in [6.45, 7) is 3.48. The van der Waals surface area contributed by atoms with Crippen LogP contribution >= 0.6 is 0 Å². The first-order valence-electron chi connectivity index (χ1n) is 10.5. The van der Waals surface area contributed by atoms with Gasteiger partial charge in [0, 0.05) is 36.9 Å². The minimum Gasteiger partial charge on any atom is -0.404 e. The highest BCUT2D eigenvalue weighted by Gasteiger charge is 2.37. The van der Waals surface area contributed by atoms with Crippen LogP contribution in [-0.2, 0) is 6.18 Å². The number of ether oxygens (including phenoxy) is 1. The summed E-state index contributed by atoms with van der Waals surface area (Å²) in [6.07, 6.45) is -9.79. The Bertz CT molecular complexity index is 1230. The molecule has 13 heteroatoms. The third-order valence-electron chi connectivity index (χ3n) is 5.59. The van der Waals surface area contributed by atoms with Gasteiger partial charge >= 0.3 is 18.6 Å². The molecule has 2 atom stereocenters. The summed E-state index contributed by atoms with van der Waals surface area (Å²) in [5.41, 5.74) is -1.78. The lowest BCUT2D eigenvalue weighted by molar-refractivity contribution is -0.274. The Balaban J connectivity index is 1.81. The highest BCUT2D eigenvalue weighted by Crippen LogP contribution is 2.36. The molecule has 0 aliphatic carbocycles. The molecule has 1 aliphatic rings. The van der Waals surface area contributed by atoms with Gasteiger partial charge in [-0.05, 0) is 44.2 Å². The lowest BCUT2D eigenvalue weighted by atomic mass is 10.0. The zero-order valence-corrected chi connectivity index (χ0v) is 18.9. The van der Waals surface area contributed by atoms with Gasteiger partial charge in [-0.15, -0.1) is 13.2 Å². The third kappa shape index (κ3) is 5.92. The van der Waals surface area contributed by atoms with Crippen LogP contribution in [0.4, 0.5) is 42.5 Å². The number of piperazine rings is 1. The van der Waals surface area contributed by atoms with Gasteiger partial charge in [0.1, 0.15) is 0 Å². The number of rotatable bonds is 3. The molecule has 7 nitrogen and oxygen atoms in total. The summed E-state index contributed by atoms with van der Waals surface area (Å²) < 4.78 is 82.5. The first-order valence-corrected chi connectivity index (χ1v) is 10.5. The van der Waals surface area contributed by atoms with E-state index in [1.54, 1.807) is 24.8 Å². The molecule has 1 heterocycles. The minimum absolute atomic E-state index is 0.0418. The maximum atomic E-state index is 13.4. The highest BCUT2D eigenvalue weighted by atomic mass is 19.4. The molecule has 2 unspecified atom stereocenters. The predicted molar refractivity (Wildman–Crippen MR) is 116 cm³/mol. The van der Waals surface area contributed by atoms with Crippen LogP contribution in [-0.4, -0.2) is 42.5 Å². The topological polar surface area (TPSA) is 92.4 Å². The van der Waals surface area contributed by atoms with Crippen LogP contribution in [0.5, 0.6) is 5.75 Å². The van der Waals surface area contributed by atoms with Crippen LogP contribution in [0.3, 0.4) is 0 Å². The number of hydrogen-bond donors (Lipinski definition) is 1. The number of hydrogen-bond acceptors (Lipinski definition) is 5. The number of alkyl halides is 6. The molecule has 0 radical (unpaired) electrons. The Labute approximate surface area is 202 Å². The van der Waals surface area contributed by atoms with Crippen molar-refractivity contribution in [3.63, 3.8) is 0 Å². The van der Waals surface area contributed by atoms with Crippen LogP contribution in [0, 0.1) is 22.7 Å². The van der Waals surface area contributed by atoms with Gasteiger partial charge in [0.15, 0.2) is 5.75 Å². The van der Waals surface area contributed by atoms with Gasteiger partial charge in [0.25, 0.3) is 0 Å². The van der Waals surface area contributed by atoms with Crippen molar-refractivity contribution in [2.45, 2.75) is 38.5 Å². The van der Waals surface area contributed by atoms with Gasteiger partial charge < -0.3 is 19.9 Å². The number of carbonyl (C=O) groups excluding carboxylic acids is 1. The normalized spacial score (nSPS) is 18.3. The lowest BCUT2D eigenvalue weighted by Gasteiger charge is -2.45. The number of halogens is 6. The molecule has 2 aromatic rings. The zero-order chi connectivity index (χ0) is 26.8. The third-order valence-corrected chi connectivity index (χ3v) is 5.59. The zero-order valence-electron chi connectivity index (χ0n) is 18.9. The molecule has 0 saturated carbocycles. The van der Waals surface area contributed by atoms with Crippen molar-refractivity contribution >= 4 is 17.4 Å². The molecule has 1 N–H and O–H groups in total. The number of amides is 2. The molecule has 1 aliphatic heterocycles. The Hall–Kier alpha value is -4.13. The van der Waals surface area contributed by atoms with Gasteiger partial charge in [-0.1, -0.05) is 0 Å². The van der Waals surface area contributed by atoms with Crippen molar-refractivity contribution in [2.24, 2.45) is 0 Å². The van der Waals surface area contributed by atoms with E-state index in [4.69, 9.17) is 10.5 Å². The van der Waals surface area contributed by atoms with E-state index in [1.807, 2.05) is 0 Å². The summed E-state index contributed by atoms with van der Waals surface area (Å²) in [4.78, 5) is 15.9. The molecule has 0 aromatic heterocycles. The quantitative estimate of drug-likeness (QED) is 0.551. The fraction of sp³-hybridized carbons (Fsp3) is 0.348. The molecule has 1 fully saturated rings. The fourth-order valence-electron chi connectivity index (χ4n) is 3.90. The molecule has 3 rings (SSSR count). The molecule has 2 aromatic carbocycles. The van der Waals surface area contributed by atoms with E-state index >= 15 is 0 Å². The Morgan fingerprint density at radius 2 is 1.69 bits per heavy atom. The number of carbonyl (C=O) groups is 1. The first-order chi connectivity index (χ1) is 16.7. The number of nitrogens with zero attached hydrogens (tertiary/aromatic N) is 4. The van der Waals surface area contributed by atoms with Crippen molar-refractivity contribution in [1.82, 2.24) is 4.90 Å². The summed E-state index contributed by atoms with van der Waals surface area (Å²) in [7, 11) is 0. The Morgan fingerprint density at radius 1 is 1.00 bits per heavy atom. The summed E-state index contributed by atoms with van der Waals surface area (Å²) in [5, 5.41) is 20.3. The van der Waals surface area contributed by atoms with Crippen LogP contribution in [0.1, 0.15) is 30.5 Å². The smallest absolute Gasteiger partial charge is 0.404 e. The standard InChI is InChI=1S/C23H19F6N5O2/c1-13-12-34(21(35)32-19-6-3-15(9-30)7-20(19)36-23(27,28)29)14(2)11-33(13)17-5-4-16(10-31)18(8-17)22(24,25)26/h3-8,13-14H,11-12H2,1-2H3,(H,32,35). The Kier molecular flexibility index (Phi) is 7.25. The monoisotopic (exact) mass is 511 g/mol. The van der Waals surface area contributed by atoms with E-state index in [9.17, 15) is 31.1 Å². The molecular formula is C23H19F6N5O2. The maximum Gasteiger partial charge on any atom is 0.573 e. The molecule has 2 amide bonds. The number of nitriles is 2. The van der Waals surface area contributed by atoms with Crippen molar-refractivity contribution < 1.29 is 35.9 Å². The van der Waals surface area contributed by atoms with Crippen LogP contribution in [0.15, 0.2) is 36.4 Å². The van der Waals surface area contributed by atoms with Gasteiger partial charge in [0.05, 0.1) is 34.5 Å². The van der Waals surface area contributed by atoms with Crippen molar-refractivity contribution in [3.05, 3.63) is 53.1 Å². The summed E-state index contributed by atoms with van der Waals surface area (Å²) >= 11 is 0. The van der Waals surface area contributed by atoms with E-state index in [2.05, 4.69) is 10.1 Å². The average Bonchev–Trinajstić information content (AvgIpc) is 2.79. The first kappa shape index (κ1) is 26.5.